The van der Waals surface area contributed by atoms with E-state index in [1.807, 2.05) is 43.3 Å². The number of rotatable bonds is 7. The van der Waals surface area contributed by atoms with E-state index in [0.717, 1.165) is 23.1 Å². The number of fused-ring (bicyclic) bond motifs is 2. The van der Waals surface area contributed by atoms with Crippen LogP contribution < -0.4 is 13.8 Å². The summed E-state index contributed by atoms with van der Waals surface area (Å²) in [6, 6.07) is 18.7. The maximum Gasteiger partial charge on any atom is 0.325 e. The Labute approximate surface area is 230 Å². The molecule has 202 valence electrons. The lowest BCUT2D eigenvalue weighted by molar-refractivity contribution is -0.141. The van der Waals surface area contributed by atoms with Crippen molar-refractivity contribution < 1.29 is 27.5 Å². The molecule has 11 heteroatoms. The van der Waals surface area contributed by atoms with Crippen LogP contribution in [0.3, 0.4) is 0 Å². The number of thiazole rings is 1. The number of methoxy groups -OCH3 is 1. The Morgan fingerprint density at radius 2 is 1.79 bits per heavy atom. The van der Waals surface area contributed by atoms with Crippen molar-refractivity contribution in [2.75, 3.05) is 24.6 Å². The van der Waals surface area contributed by atoms with Crippen molar-refractivity contribution in [3.05, 3.63) is 82.7 Å². The second-order valence-electron chi connectivity index (χ2n) is 8.83. The Kier molecular flexibility index (Phi) is 7.53. The number of hydrogen-bond acceptors (Lipinski definition) is 7. The summed E-state index contributed by atoms with van der Waals surface area (Å²) in [7, 11) is -2.51. The van der Waals surface area contributed by atoms with E-state index in [2.05, 4.69) is 4.99 Å². The molecule has 1 amide bonds. The Morgan fingerprint density at radius 3 is 2.54 bits per heavy atom. The minimum Gasteiger partial charge on any atom is -0.492 e. The lowest BCUT2D eigenvalue weighted by Gasteiger charge is -2.30. The van der Waals surface area contributed by atoms with Gasteiger partial charge in [0.15, 0.2) is 4.80 Å². The third-order valence-corrected chi connectivity index (χ3v) is 9.30. The number of aromatic nitrogens is 1. The average molecular weight is 566 g/mol. The van der Waals surface area contributed by atoms with Gasteiger partial charge in [-0.05, 0) is 67.8 Å². The molecule has 1 aliphatic heterocycles. The number of carbonyl (C=O) groups is 2. The van der Waals surface area contributed by atoms with Crippen molar-refractivity contribution in [3.8, 4) is 5.75 Å². The van der Waals surface area contributed by atoms with Crippen LogP contribution in [0.1, 0.15) is 29.3 Å². The molecule has 0 atom stereocenters. The zero-order valence-electron chi connectivity index (χ0n) is 21.5. The van der Waals surface area contributed by atoms with Crippen LogP contribution in [0.4, 0.5) is 5.69 Å². The summed E-state index contributed by atoms with van der Waals surface area (Å²) in [5, 5.41) is 0. The number of para-hydroxylation sites is 2. The molecular weight excluding hydrogens is 538 g/mol. The van der Waals surface area contributed by atoms with Crippen molar-refractivity contribution >= 4 is 49.1 Å². The standard InChI is InChI=1S/C28H27N3O6S2/c1-3-37-23-11-6-12-24-26(23)30(18-25(32)36-2)28(38-24)29-27(33)20-13-15-21(16-14-20)39(34,35)31-17-7-9-19-8-4-5-10-22(19)31/h4-6,8,10-16H,3,7,9,17-18H2,1-2H3. The Bertz CT molecular complexity index is 1720. The Morgan fingerprint density at radius 1 is 1.03 bits per heavy atom. The van der Waals surface area contributed by atoms with Gasteiger partial charge in [-0.1, -0.05) is 35.6 Å². The molecule has 0 unspecified atom stereocenters. The number of esters is 1. The van der Waals surface area contributed by atoms with E-state index in [0.29, 0.717) is 34.9 Å². The van der Waals surface area contributed by atoms with E-state index < -0.39 is 21.9 Å². The fourth-order valence-corrected chi connectivity index (χ4v) is 7.18. The minimum absolute atomic E-state index is 0.0970. The number of carbonyl (C=O) groups excluding carboxylic acids is 2. The van der Waals surface area contributed by atoms with Crippen LogP contribution in [-0.2, 0) is 32.5 Å². The Hall–Kier alpha value is -3.96. The van der Waals surface area contributed by atoms with Gasteiger partial charge in [-0.3, -0.25) is 13.9 Å². The molecule has 0 fully saturated rings. The molecule has 2 heterocycles. The van der Waals surface area contributed by atoms with E-state index in [1.54, 1.807) is 10.6 Å². The highest BCUT2D eigenvalue weighted by atomic mass is 32.2. The first-order valence-corrected chi connectivity index (χ1v) is 14.7. The van der Waals surface area contributed by atoms with Crippen LogP contribution in [0.5, 0.6) is 5.75 Å². The molecule has 0 radical (unpaired) electrons. The van der Waals surface area contributed by atoms with Crippen LogP contribution in [-0.4, -0.2) is 45.1 Å². The molecule has 5 rings (SSSR count). The summed E-state index contributed by atoms with van der Waals surface area (Å²) in [5.41, 5.74) is 2.55. The number of nitrogens with zero attached hydrogens (tertiary/aromatic N) is 3. The molecule has 3 aromatic carbocycles. The maximum absolute atomic E-state index is 13.4. The summed E-state index contributed by atoms with van der Waals surface area (Å²) in [4.78, 5) is 30.0. The smallest absolute Gasteiger partial charge is 0.325 e. The second kappa shape index (κ2) is 11.0. The fraction of sp³-hybridized carbons (Fsp3) is 0.250. The van der Waals surface area contributed by atoms with Crippen LogP contribution >= 0.6 is 11.3 Å². The normalized spacial score (nSPS) is 13.8. The molecule has 1 aliphatic rings. The summed E-state index contributed by atoms with van der Waals surface area (Å²) in [6.45, 7) is 2.53. The predicted octanol–water partition coefficient (Wildman–Crippen LogP) is 4.16. The van der Waals surface area contributed by atoms with Gasteiger partial charge >= 0.3 is 5.97 Å². The highest BCUT2D eigenvalue weighted by Crippen LogP contribution is 2.32. The first-order valence-electron chi connectivity index (χ1n) is 12.4. The summed E-state index contributed by atoms with van der Waals surface area (Å²) in [5.74, 6) is -0.493. The van der Waals surface area contributed by atoms with Crippen LogP contribution in [0.15, 0.2) is 76.6 Å². The zero-order valence-corrected chi connectivity index (χ0v) is 23.1. The van der Waals surface area contributed by atoms with Crippen molar-refractivity contribution in [2.45, 2.75) is 31.2 Å². The molecule has 0 saturated heterocycles. The molecule has 9 nitrogen and oxygen atoms in total. The quantitative estimate of drug-likeness (QED) is 0.312. The number of anilines is 1. The predicted molar refractivity (Wildman–Crippen MR) is 149 cm³/mol. The van der Waals surface area contributed by atoms with Crippen molar-refractivity contribution in [1.29, 1.82) is 0 Å². The van der Waals surface area contributed by atoms with E-state index in [9.17, 15) is 18.0 Å². The number of benzene rings is 3. The minimum atomic E-state index is -3.80. The number of sulfonamides is 1. The highest BCUT2D eigenvalue weighted by Gasteiger charge is 2.29. The maximum atomic E-state index is 13.4. The molecule has 0 saturated carbocycles. The molecule has 0 N–H and O–H groups in total. The van der Waals surface area contributed by atoms with E-state index in [-0.39, 0.29) is 17.0 Å². The number of aryl methyl sites for hydroxylation is 1. The van der Waals surface area contributed by atoms with E-state index in [1.165, 1.54) is 47.0 Å². The van der Waals surface area contributed by atoms with Crippen molar-refractivity contribution in [2.24, 2.45) is 4.99 Å². The van der Waals surface area contributed by atoms with E-state index in [4.69, 9.17) is 9.47 Å². The van der Waals surface area contributed by atoms with Crippen molar-refractivity contribution in [3.63, 3.8) is 0 Å². The SMILES string of the molecule is CCOc1cccc2sc(=NC(=O)c3ccc(S(=O)(=O)N4CCCc5ccccc54)cc3)n(CC(=O)OC)c12. The third kappa shape index (κ3) is 5.19. The van der Waals surface area contributed by atoms with E-state index >= 15 is 0 Å². The summed E-state index contributed by atoms with van der Waals surface area (Å²) < 4.78 is 41.3. The van der Waals surface area contributed by atoms with Crippen molar-refractivity contribution in [1.82, 2.24) is 4.57 Å². The topological polar surface area (TPSA) is 107 Å². The first-order chi connectivity index (χ1) is 18.8. The fourth-order valence-electron chi connectivity index (χ4n) is 4.59. The average Bonchev–Trinajstić information content (AvgIpc) is 3.30. The molecule has 1 aromatic heterocycles. The molecule has 0 spiro atoms. The highest BCUT2D eigenvalue weighted by molar-refractivity contribution is 7.92. The number of hydrogen-bond donors (Lipinski definition) is 0. The largest absolute Gasteiger partial charge is 0.492 e. The van der Waals surface area contributed by atoms with Crippen LogP contribution in [0.25, 0.3) is 10.2 Å². The van der Waals surface area contributed by atoms with Gasteiger partial charge in [-0.15, -0.1) is 0 Å². The lowest BCUT2D eigenvalue weighted by atomic mass is 10.0. The number of ether oxygens (including phenoxy) is 2. The summed E-state index contributed by atoms with van der Waals surface area (Å²) in [6.07, 6.45) is 1.56. The zero-order chi connectivity index (χ0) is 27.6. The van der Waals surface area contributed by atoms with Gasteiger partial charge in [0, 0.05) is 12.1 Å². The first kappa shape index (κ1) is 26.6. The molecule has 39 heavy (non-hydrogen) atoms. The molecule has 4 aromatic rings. The lowest BCUT2D eigenvalue weighted by Crippen LogP contribution is -2.35. The molecule has 0 bridgehead atoms. The van der Waals surface area contributed by atoms with Gasteiger partial charge < -0.3 is 14.0 Å². The summed E-state index contributed by atoms with van der Waals surface area (Å²) >= 11 is 1.24. The van der Waals surface area contributed by atoms with Gasteiger partial charge in [0.25, 0.3) is 15.9 Å². The van der Waals surface area contributed by atoms with Crippen LogP contribution in [0.2, 0.25) is 0 Å². The van der Waals surface area contributed by atoms with Gasteiger partial charge in [0.2, 0.25) is 0 Å². The Balaban J connectivity index is 1.49. The van der Waals surface area contributed by atoms with Crippen LogP contribution in [0, 0.1) is 0 Å². The molecule has 0 aliphatic carbocycles. The third-order valence-electron chi connectivity index (χ3n) is 6.43. The second-order valence-corrected chi connectivity index (χ2v) is 11.7. The van der Waals surface area contributed by atoms with Gasteiger partial charge in [0.05, 0.1) is 29.0 Å². The van der Waals surface area contributed by atoms with Gasteiger partial charge in [-0.2, -0.15) is 4.99 Å². The monoisotopic (exact) mass is 565 g/mol. The molecular formula is C28H27N3O6S2. The van der Waals surface area contributed by atoms with Gasteiger partial charge in [-0.25, -0.2) is 8.42 Å². The number of amides is 1. The van der Waals surface area contributed by atoms with Gasteiger partial charge in [0.1, 0.15) is 17.8 Å².